The molecular weight excluding hydrogens is 401 g/mol. The van der Waals surface area contributed by atoms with Crippen LogP contribution in [0.3, 0.4) is 0 Å². The van der Waals surface area contributed by atoms with E-state index in [1.807, 2.05) is 6.92 Å². The number of unbranched alkanes of at least 4 members (excludes halogenated alkanes) is 1. The van der Waals surface area contributed by atoms with Crippen molar-refractivity contribution in [2.75, 3.05) is 18.5 Å². The van der Waals surface area contributed by atoms with Gasteiger partial charge in [0.1, 0.15) is 5.82 Å². The Morgan fingerprint density at radius 3 is 2.55 bits per heavy atom. The molecule has 0 aliphatic carbocycles. The molecule has 0 spiro atoms. The van der Waals surface area contributed by atoms with Crippen molar-refractivity contribution in [1.82, 2.24) is 5.43 Å². The molecule has 0 saturated carbocycles. The van der Waals surface area contributed by atoms with Crippen molar-refractivity contribution in [2.45, 2.75) is 39.5 Å². The number of carbonyl (C=O) groups is 2. The summed E-state index contributed by atoms with van der Waals surface area (Å²) >= 11 is 0. The lowest BCUT2D eigenvalue weighted by molar-refractivity contribution is -0.124. The Morgan fingerprint density at radius 1 is 1.03 bits per heavy atom. The number of halogens is 1. The summed E-state index contributed by atoms with van der Waals surface area (Å²) in [5.74, 6) is -0.136. The highest BCUT2D eigenvalue weighted by atomic mass is 19.1. The number of carbonyl (C=O) groups excluding carboxylic acids is 2. The number of ether oxygens (including phenoxy) is 2. The number of rotatable bonds is 12. The van der Waals surface area contributed by atoms with Crippen LogP contribution in [-0.2, 0) is 9.59 Å². The molecule has 0 heterocycles. The third kappa shape index (κ3) is 8.46. The number of benzene rings is 2. The number of anilines is 1. The fourth-order valence-electron chi connectivity index (χ4n) is 2.56. The molecule has 2 aromatic carbocycles. The van der Waals surface area contributed by atoms with Crippen LogP contribution in [0.5, 0.6) is 11.5 Å². The first-order chi connectivity index (χ1) is 15.0. The lowest BCUT2D eigenvalue weighted by Gasteiger charge is -2.12. The zero-order valence-electron chi connectivity index (χ0n) is 17.8. The molecule has 0 aliphatic heterocycles. The number of hydrazone groups is 1. The summed E-state index contributed by atoms with van der Waals surface area (Å²) in [6.45, 7) is 5.09. The topological polar surface area (TPSA) is 89.0 Å². The van der Waals surface area contributed by atoms with Gasteiger partial charge in [-0.1, -0.05) is 25.5 Å². The van der Waals surface area contributed by atoms with Crippen molar-refractivity contribution in [1.29, 1.82) is 0 Å². The van der Waals surface area contributed by atoms with Crippen LogP contribution in [0.4, 0.5) is 10.1 Å². The number of nitrogens with zero attached hydrogens (tertiary/aromatic N) is 1. The van der Waals surface area contributed by atoms with E-state index in [2.05, 4.69) is 22.8 Å². The summed E-state index contributed by atoms with van der Waals surface area (Å²) in [6, 6.07) is 11.2. The highest BCUT2D eigenvalue weighted by molar-refractivity contribution is 5.93. The number of para-hydroxylation sites is 1. The molecular formula is C23H28FN3O4. The molecule has 2 rings (SSSR count). The van der Waals surface area contributed by atoms with E-state index in [1.165, 1.54) is 24.4 Å². The maximum absolute atomic E-state index is 13.5. The van der Waals surface area contributed by atoms with Crippen LogP contribution >= 0.6 is 0 Å². The second-order valence-corrected chi connectivity index (χ2v) is 6.66. The molecule has 0 aromatic heterocycles. The van der Waals surface area contributed by atoms with Crippen molar-refractivity contribution in [3.8, 4) is 11.5 Å². The van der Waals surface area contributed by atoms with E-state index >= 15 is 0 Å². The molecule has 0 bridgehead atoms. The van der Waals surface area contributed by atoms with Crippen molar-refractivity contribution in [2.24, 2.45) is 5.10 Å². The van der Waals surface area contributed by atoms with Gasteiger partial charge in [0, 0.05) is 12.8 Å². The monoisotopic (exact) mass is 429 g/mol. The first-order valence-electron chi connectivity index (χ1n) is 10.3. The van der Waals surface area contributed by atoms with Gasteiger partial charge >= 0.3 is 0 Å². The Kier molecular flexibility index (Phi) is 10.0. The predicted octanol–water partition coefficient (Wildman–Crippen LogP) is 4.27. The van der Waals surface area contributed by atoms with E-state index in [0.717, 1.165) is 18.4 Å². The van der Waals surface area contributed by atoms with E-state index in [-0.39, 0.29) is 18.5 Å². The van der Waals surface area contributed by atoms with Gasteiger partial charge in [0.2, 0.25) is 11.8 Å². The van der Waals surface area contributed by atoms with Crippen LogP contribution in [-0.4, -0.2) is 31.2 Å². The Hall–Kier alpha value is -3.42. The lowest BCUT2D eigenvalue weighted by atomic mass is 10.2. The van der Waals surface area contributed by atoms with Crippen molar-refractivity contribution < 1.29 is 23.5 Å². The average Bonchev–Trinajstić information content (AvgIpc) is 2.76. The van der Waals surface area contributed by atoms with E-state index in [1.54, 1.807) is 24.3 Å². The molecule has 166 valence electrons. The number of nitrogens with one attached hydrogen (secondary N) is 2. The number of hydrogen-bond donors (Lipinski definition) is 2. The quantitative estimate of drug-likeness (QED) is 0.300. The summed E-state index contributed by atoms with van der Waals surface area (Å²) in [7, 11) is 0. The molecule has 7 nitrogen and oxygen atoms in total. The fraction of sp³-hybridized carbons (Fsp3) is 0.348. The minimum Gasteiger partial charge on any atom is -0.490 e. The fourth-order valence-corrected chi connectivity index (χ4v) is 2.56. The van der Waals surface area contributed by atoms with Crippen LogP contribution in [0.25, 0.3) is 0 Å². The lowest BCUT2D eigenvalue weighted by Crippen LogP contribution is -2.21. The second-order valence-electron chi connectivity index (χ2n) is 6.66. The van der Waals surface area contributed by atoms with Crippen molar-refractivity contribution in [3.63, 3.8) is 0 Å². The van der Waals surface area contributed by atoms with Crippen LogP contribution in [0.1, 0.15) is 45.1 Å². The average molecular weight is 429 g/mol. The van der Waals surface area contributed by atoms with Gasteiger partial charge in [-0.25, -0.2) is 9.82 Å². The highest BCUT2D eigenvalue weighted by Crippen LogP contribution is 2.28. The van der Waals surface area contributed by atoms with E-state index in [4.69, 9.17) is 9.47 Å². The predicted molar refractivity (Wildman–Crippen MR) is 118 cm³/mol. The molecule has 0 saturated heterocycles. The smallest absolute Gasteiger partial charge is 0.240 e. The third-order valence-corrected chi connectivity index (χ3v) is 4.15. The van der Waals surface area contributed by atoms with Gasteiger partial charge < -0.3 is 14.8 Å². The van der Waals surface area contributed by atoms with Gasteiger partial charge in [-0.15, -0.1) is 0 Å². The van der Waals surface area contributed by atoms with E-state index < -0.39 is 17.6 Å². The van der Waals surface area contributed by atoms with Crippen molar-refractivity contribution >= 4 is 23.7 Å². The van der Waals surface area contributed by atoms with Gasteiger partial charge in [-0.3, -0.25) is 9.59 Å². The molecule has 0 unspecified atom stereocenters. The summed E-state index contributed by atoms with van der Waals surface area (Å²) in [4.78, 5) is 23.8. The molecule has 2 N–H and O–H groups in total. The molecule has 2 aromatic rings. The number of hydrogen-bond acceptors (Lipinski definition) is 5. The SMILES string of the molecule is CCCCOc1ccc(C=NNC(=O)CCC(=O)Nc2ccccc2F)cc1OCC. The zero-order chi connectivity index (χ0) is 22.5. The van der Waals surface area contributed by atoms with Crippen LogP contribution in [0.15, 0.2) is 47.6 Å². The van der Waals surface area contributed by atoms with Crippen LogP contribution in [0, 0.1) is 5.82 Å². The Bertz CT molecular complexity index is 902. The first kappa shape index (κ1) is 23.9. The third-order valence-electron chi connectivity index (χ3n) is 4.15. The molecule has 0 aliphatic rings. The Balaban J connectivity index is 1.82. The van der Waals surface area contributed by atoms with E-state index in [0.29, 0.717) is 24.7 Å². The Morgan fingerprint density at radius 2 is 1.81 bits per heavy atom. The molecule has 2 amide bonds. The van der Waals surface area contributed by atoms with Gasteiger partial charge in [0.15, 0.2) is 11.5 Å². The first-order valence-corrected chi connectivity index (χ1v) is 10.3. The molecule has 0 radical (unpaired) electrons. The maximum Gasteiger partial charge on any atom is 0.240 e. The second kappa shape index (κ2) is 13.0. The number of amides is 2. The summed E-state index contributed by atoms with van der Waals surface area (Å²) in [6.07, 6.45) is 3.31. The normalized spacial score (nSPS) is 10.7. The molecule has 0 atom stereocenters. The standard InChI is InChI=1S/C23H28FN3O4/c1-3-5-14-31-20-11-10-17(15-21(20)30-4-2)16-25-27-23(29)13-12-22(28)26-19-9-7-6-8-18(19)24/h6-11,15-16H,3-5,12-14H2,1-2H3,(H,26,28)(H,27,29). The molecule has 8 heteroatoms. The van der Waals surface area contributed by atoms with Crippen molar-refractivity contribution in [3.05, 3.63) is 53.8 Å². The van der Waals surface area contributed by atoms with Gasteiger partial charge in [-0.05, 0) is 49.2 Å². The van der Waals surface area contributed by atoms with Gasteiger partial charge in [-0.2, -0.15) is 5.10 Å². The zero-order valence-corrected chi connectivity index (χ0v) is 17.8. The summed E-state index contributed by atoms with van der Waals surface area (Å²) in [5, 5.41) is 6.34. The summed E-state index contributed by atoms with van der Waals surface area (Å²) in [5.41, 5.74) is 3.18. The van der Waals surface area contributed by atoms with E-state index in [9.17, 15) is 14.0 Å². The summed E-state index contributed by atoms with van der Waals surface area (Å²) < 4.78 is 24.9. The van der Waals surface area contributed by atoms with Gasteiger partial charge in [0.05, 0.1) is 25.1 Å². The molecule has 31 heavy (non-hydrogen) atoms. The minimum atomic E-state index is -0.530. The largest absolute Gasteiger partial charge is 0.490 e. The maximum atomic E-state index is 13.5. The van der Waals surface area contributed by atoms with Crippen LogP contribution < -0.4 is 20.2 Å². The minimum absolute atomic E-state index is 0.0774. The Labute approximate surface area is 181 Å². The highest BCUT2D eigenvalue weighted by Gasteiger charge is 2.09. The van der Waals surface area contributed by atoms with Crippen LogP contribution in [0.2, 0.25) is 0 Å². The van der Waals surface area contributed by atoms with Gasteiger partial charge in [0.25, 0.3) is 0 Å². The molecule has 0 fully saturated rings.